The molecule has 0 amide bonds. The molecule has 1 unspecified atom stereocenters. The van der Waals surface area contributed by atoms with Gasteiger partial charge in [-0.1, -0.05) is 41.9 Å². The molecule has 0 aliphatic heterocycles. The van der Waals surface area contributed by atoms with Gasteiger partial charge in [0.2, 0.25) is 0 Å². The first-order valence-corrected chi connectivity index (χ1v) is 8.98. The highest BCUT2D eigenvalue weighted by atomic mass is 35.5. The molecule has 0 heterocycles. The number of Topliss-reactive ketones (excluding diaryl/α,β-unsaturated/α-hetero) is 2. The predicted octanol–water partition coefficient (Wildman–Crippen LogP) is 5.59. The number of carbonyl (C=O) groups excluding carboxylic acids is 2. The Morgan fingerprint density at radius 1 is 0.852 bits per heavy atom. The summed E-state index contributed by atoms with van der Waals surface area (Å²) in [5.74, 6) is -0.0566. The van der Waals surface area contributed by atoms with E-state index in [2.05, 4.69) is 0 Å². The second-order valence-corrected chi connectivity index (χ2v) is 6.63. The van der Waals surface area contributed by atoms with Gasteiger partial charge in [-0.2, -0.15) is 0 Å². The smallest absolute Gasteiger partial charge is 0.170 e. The molecule has 0 fully saturated rings. The van der Waals surface area contributed by atoms with Crippen molar-refractivity contribution in [3.8, 4) is 5.75 Å². The van der Waals surface area contributed by atoms with Crippen molar-refractivity contribution in [2.75, 3.05) is 7.11 Å². The van der Waals surface area contributed by atoms with E-state index in [4.69, 9.17) is 16.3 Å². The number of rotatable bonds is 7. The van der Waals surface area contributed by atoms with E-state index in [1.165, 1.54) is 0 Å². The maximum atomic E-state index is 13.1. The van der Waals surface area contributed by atoms with E-state index < -0.39 is 5.92 Å². The van der Waals surface area contributed by atoms with Gasteiger partial charge in [0.15, 0.2) is 11.6 Å². The molecule has 0 aliphatic rings. The fourth-order valence-corrected chi connectivity index (χ4v) is 3.07. The number of halogens is 1. The molecule has 3 rings (SSSR count). The van der Waals surface area contributed by atoms with Crippen molar-refractivity contribution >= 4 is 23.2 Å². The van der Waals surface area contributed by atoms with Crippen LogP contribution in [0.15, 0.2) is 78.9 Å². The Morgan fingerprint density at radius 3 is 2.04 bits per heavy atom. The number of ketones is 2. The Balaban J connectivity index is 1.89. The lowest BCUT2D eigenvalue weighted by Crippen LogP contribution is -2.17. The molecule has 0 aromatic heterocycles. The second kappa shape index (κ2) is 8.65. The lowest BCUT2D eigenvalue weighted by atomic mass is 9.85. The molecule has 27 heavy (non-hydrogen) atoms. The van der Waals surface area contributed by atoms with Crippen LogP contribution < -0.4 is 4.74 Å². The Labute approximate surface area is 163 Å². The van der Waals surface area contributed by atoms with Gasteiger partial charge < -0.3 is 4.74 Å². The first-order chi connectivity index (χ1) is 13.1. The summed E-state index contributed by atoms with van der Waals surface area (Å²) in [6, 6.07) is 23.0. The van der Waals surface area contributed by atoms with Gasteiger partial charge in [-0.15, -0.1) is 0 Å². The number of hydrogen-bond acceptors (Lipinski definition) is 3. The third kappa shape index (κ3) is 4.63. The number of ether oxygens (including phenoxy) is 1. The number of carbonyl (C=O) groups is 2. The largest absolute Gasteiger partial charge is 0.497 e. The fraction of sp³-hybridized carbons (Fsp3) is 0.130. The molecule has 3 aromatic carbocycles. The van der Waals surface area contributed by atoms with E-state index in [-0.39, 0.29) is 18.0 Å². The highest BCUT2D eigenvalue weighted by molar-refractivity contribution is 6.30. The molecule has 0 bridgehead atoms. The van der Waals surface area contributed by atoms with Crippen LogP contribution in [0.2, 0.25) is 5.02 Å². The fourth-order valence-electron chi connectivity index (χ4n) is 2.94. The van der Waals surface area contributed by atoms with Crippen molar-refractivity contribution in [2.45, 2.75) is 12.3 Å². The van der Waals surface area contributed by atoms with Crippen LogP contribution in [-0.4, -0.2) is 18.7 Å². The molecule has 0 saturated heterocycles. The van der Waals surface area contributed by atoms with Crippen LogP contribution in [-0.2, 0) is 0 Å². The Morgan fingerprint density at radius 2 is 1.44 bits per heavy atom. The summed E-state index contributed by atoms with van der Waals surface area (Å²) in [5.41, 5.74) is 1.91. The molecule has 0 aliphatic carbocycles. The predicted molar refractivity (Wildman–Crippen MR) is 107 cm³/mol. The molecular formula is C23H19ClO3. The molecule has 0 spiro atoms. The van der Waals surface area contributed by atoms with Crippen molar-refractivity contribution in [3.63, 3.8) is 0 Å². The third-order valence-corrected chi connectivity index (χ3v) is 4.70. The molecule has 0 saturated carbocycles. The zero-order valence-electron chi connectivity index (χ0n) is 14.9. The topological polar surface area (TPSA) is 43.4 Å². The lowest BCUT2D eigenvalue weighted by molar-refractivity contribution is 0.0893. The Bertz CT molecular complexity index is 916. The van der Waals surface area contributed by atoms with E-state index >= 15 is 0 Å². The third-order valence-electron chi connectivity index (χ3n) is 4.45. The van der Waals surface area contributed by atoms with Crippen LogP contribution in [0.4, 0.5) is 0 Å². The Kier molecular flexibility index (Phi) is 6.05. The van der Waals surface area contributed by atoms with E-state index in [1.807, 2.05) is 30.3 Å². The van der Waals surface area contributed by atoms with Gasteiger partial charge in [0, 0.05) is 22.6 Å². The van der Waals surface area contributed by atoms with Crippen molar-refractivity contribution in [2.24, 2.45) is 0 Å². The minimum atomic E-state index is -0.554. The summed E-state index contributed by atoms with van der Waals surface area (Å²) in [6.07, 6.45) is 0.0950. The molecule has 0 radical (unpaired) electrons. The average Bonchev–Trinajstić information content (AvgIpc) is 2.72. The molecule has 136 valence electrons. The summed E-state index contributed by atoms with van der Waals surface area (Å²) < 4.78 is 5.13. The van der Waals surface area contributed by atoms with Crippen LogP contribution >= 0.6 is 11.6 Å². The van der Waals surface area contributed by atoms with Gasteiger partial charge in [-0.25, -0.2) is 0 Å². The van der Waals surface area contributed by atoms with E-state index in [0.29, 0.717) is 21.9 Å². The van der Waals surface area contributed by atoms with E-state index in [0.717, 1.165) is 5.56 Å². The number of hydrogen-bond donors (Lipinski definition) is 0. The van der Waals surface area contributed by atoms with Crippen LogP contribution in [0.1, 0.15) is 38.6 Å². The maximum absolute atomic E-state index is 13.1. The minimum absolute atomic E-state index is 0.0891. The highest BCUT2D eigenvalue weighted by Crippen LogP contribution is 2.27. The van der Waals surface area contributed by atoms with Crippen LogP contribution in [0, 0.1) is 0 Å². The van der Waals surface area contributed by atoms with Gasteiger partial charge in [-0.05, 0) is 54.1 Å². The second-order valence-electron chi connectivity index (χ2n) is 6.19. The van der Waals surface area contributed by atoms with Crippen molar-refractivity contribution < 1.29 is 14.3 Å². The van der Waals surface area contributed by atoms with Gasteiger partial charge in [-0.3, -0.25) is 9.59 Å². The molecule has 1 atom stereocenters. The lowest BCUT2D eigenvalue weighted by Gasteiger charge is -2.16. The maximum Gasteiger partial charge on any atom is 0.170 e. The molecule has 4 heteroatoms. The zero-order valence-corrected chi connectivity index (χ0v) is 15.6. The summed E-state index contributed by atoms with van der Waals surface area (Å²) in [6.45, 7) is 0. The summed E-state index contributed by atoms with van der Waals surface area (Å²) >= 11 is 5.93. The van der Waals surface area contributed by atoms with Crippen molar-refractivity contribution in [3.05, 3.63) is 101 Å². The van der Waals surface area contributed by atoms with Gasteiger partial charge >= 0.3 is 0 Å². The van der Waals surface area contributed by atoms with E-state index in [1.54, 1.807) is 55.6 Å². The minimum Gasteiger partial charge on any atom is -0.497 e. The monoisotopic (exact) mass is 378 g/mol. The highest BCUT2D eigenvalue weighted by Gasteiger charge is 2.25. The molecular weight excluding hydrogens is 360 g/mol. The van der Waals surface area contributed by atoms with E-state index in [9.17, 15) is 9.59 Å². The molecule has 3 aromatic rings. The van der Waals surface area contributed by atoms with Gasteiger partial charge in [0.25, 0.3) is 0 Å². The van der Waals surface area contributed by atoms with Gasteiger partial charge in [0.1, 0.15) is 5.75 Å². The van der Waals surface area contributed by atoms with Crippen molar-refractivity contribution in [1.82, 2.24) is 0 Å². The summed E-state index contributed by atoms with van der Waals surface area (Å²) in [7, 11) is 1.58. The van der Waals surface area contributed by atoms with Gasteiger partial charge in [0.05, 0.1) is 13.0 Å². The van der Waals surface area contributed by atoms with Crippen molar-refractivity contribution in [1.29, 1.82) is 0 Å². The first kappa shape index (κ1) is 18.9. The number of methoxy groups -OCH3 is 1. The normalized spacial score (nSPS) is 11.6. The Hall–Kier alpha value is -2.91. The quantitative estimate of drug-likeness (QED) is 0.503. The zero-order chi connectivity index (χ0) is 19.2. The van der Waals surface area contributed by atoms with Crippen LogP contribution in [0.5, 0.6) is 5.75 Å². The summed E-state index contributed by atoms with van der Waals surface area (Å²) in [4.78, 5) is 25.9. The number of benzene rings is 3. The van der Waals surface area contributed by atoms with Crippen LogP contribution in [0.25, 0.3) is 0 Å². The average molecular weight is 379 g/mol. The molecule has 0 N–H and O–H groups in total. The van der Waals surface area contributed by atoms with Crippen LogP contribution in [0.3, 0.4) is 0 Å². The molecule has 3 nitrogen and oxygen atoms in total. The first-order valence-electron chi connectivity index (χ1n) is 8.60. The SMILES string of the molecule is COc1ccc(C(=O)CC(C(=O)c2ccc(Cl)cc2)c2ccccc2)cc1. The standard InChI is InChI=1S/C23H19ClO3/c1-27-20-13-9-17(10-14-20)22(25)15-21(16-5-3-2-4-6-16)23(26)18-7-11-19(24)12-8-18/h2-14,21H,15H2,1H3. The summed E-state index contributed by atoms with van der Waals surface area (Å²) in [5, 5.41) is 0.567.